The molecule has 25 heavy (non-hydrogen) atoms. The van der Waals surface area contributed by atoms with Crippen molar-refractivity contribution < 1.29 is 14.3 Å². The number of hydrogen-bond acceptors (Lipinski definition) is 4. The van der Waals surface area contributed by atoms with E-state index in [1.807, 2.05) is 11.0 Å². The Hall–Kier alpha value is -1.75. The van der Waals surface area contributed by atoms with E-state index < -0.39 is 0 Å². The lowest BCUT2D eigenvalue weighted by molar-refractivity contribution is -0.138. The molecule has 0 aromatic heterocycles. The zero-order valence-electron chi connectivity index (χ0n) is 15.7. The minimum atomic E-state index is 0.332. The van der Waals surface area contributed by atoms with E-state index in [4.69, 9.17) is 9.47 Å². The summed E-state index contributed by atoms with van der Waals surface area (Å²) in [5, 5.41) is 0. The number of carbonyl (C=O) groups is 1. The van der Waals surface area contributed by atoms with Crippen LogP contribution in [-0.2, 0) is 11.3 Å². The van der Waals surface area contributed by atoms with Crippen LogP contribution >= 0.6 is 0 Å². The van der Waals surface area contributed by atoms with Crippen molar-refractivity contribution in [1.29, 1.82) is 0 Å². The average molecular weight is 346 g/mol. The number of rotatable bonds is 5. The number of likely N-dealkylation sites (tertiary alicyclic amines) is 2. The van der Waals surface area contributed by atoms with Crippen LogP contribution in [0.4, 0.5) is 0 Å². The molecule has 0 unspecified atom stereocenters. The molecule has 138 valence electrons. The van der Waals surface area contributed by atoms with Crippen LogP contribution in [0.1, 0.15) is 38.2 Å². The number of hydrogen-bond donors (Lipinski definition) is 0. The number of carbonyl (C=O) groups excluding carboxylic acids is 1. The second-order valence-corrected chi connectivity index (χ2v) is 7.40. The third kappa shape index (κ3) is 4.09. The molecule has 1 aromatic rings. The van der Waals surface area contributed by atoms with Crippen molar-refractivity contribution in [3.63, 3.8) is 0 Å². The first-order valence-electron chi connectivity index (χ1n) is 9.29. The van der Waals surface area contributed by atoms with Crippen LogP contribution in [0.15, 0.2) is 18.2 Å². The number of nitrogens with zero attached hydrogens (tertiary/aromatic N) is 2. The van der Waals surface area contributed by atoms with Gasteiger partial charge in [-0.05, 0) is 62.4 Å². The fourth-order valence-electron chi connectivity index (χ4n) is 4.20. The van der Waals surface area contributed by atoms with E-state index in [2.05, 4.69) is 24.0 Å². The first kappa shape index (κ1) is 18.1. The molecule has 1 aromatic carbocycles. The molecule has 2 aliphatic rings. The summed E-state index contributed by atoms with van der Waals surface area (Å²) >= 11 is 0. The van der Waals surface area contributed by atoms with Gasteiger partial charge in [-0.2, -0.15) is 0 Å². The van der Waals surface area contributed by atoms with Crippen LogP contribution in [0.5, 0.6) is 11.5 Å². The van der Waals surface area contributed by atoms with Crippen molar-refractivity contribution in [3.05, 3.63) is 23.8 Å². The standard InChI is InChI=1S/C20H30N2O3/c1-4-22-15-20(6-5-19(22)23)7-9-21(10-8-20)14-16-11-17(24-2)13-18(12-16)25-3/h11-13H,4-10,14-15H2,1-3H3. The maximum absolute atomic E-state index is 12.0. The Morgan fingerprint density at radius 3 is 2.24 bits per heavy atom. The molecule has 5 heteroatoms. The Labute approximate surface area is 150 Å². The van der Waals surface area contributed by atoms with E-state index in [9.17, 15) is 4.79 Å². The van der Waals surface area contributed by atoms with Crippen molar-refractivity contribution in [2.75, 3.05) is 40.4 Å². The second-order valence-electron chi connectivity index (χ2n) is 7.40. The molecule has 5 nitrogen and oxygen atoms in total. The highest BCUT2D eigenvalue weighted by Gasteiger charge is 2.40. The summed E-state index contributed by atoms with van der Waals surface area (Å²) in [5.41, 5.74) is 1.56. The van der Waals surface area contributed by atoms with Crippen LogP contribution in [0, 0.1) is 5.41 Å². The van der Waals surface area contributed by atoms with Gasteiger partial charge < -0.3 is 14.4 Å². The number of ether oxygens (including phenoxy) is 2. The summed E-state index contributed by atoms with van der Waals surface area (Å²) in [6.45, 7) is 6.97. The van der Waals surface area contributed by atoms with Gasteiger partial charge in [0.1, 0.15) is 11.5 Å². The lowest BCUT2D eigenvalue weighted by atomic mass is 9.72. The van der Waals surface area contributed by atoms with Gasteiger partial charge in [0.05, 0.1) is 14.2 Å². The minimum Gasteiger partial charge on any atom is -0.497 e. The predicted octanol–water partition coefficient (Wildman–Crippen LogP) is 2.93. The Morgan fingerprint density at radius 1 is 1.04 bits per heavy atom. The second kappa shape index (κ2) is 7.65. The highest BCUT2D eigenvalue weighted by atomic mass is 16.5. The predicted molar refractivity (Wildman–Crippen MR) is 98.0 cm³/mol. The van der Waals surface area contributed by atoms with E-state index in [0.29, 0.717) is 11.3 Å². The maximum Gasteiger partial charge on any atom is 0.222 e. The topological polar surface area (TPSA) is 42.0 Å². The number of benzene rings is 1. The monoisotopic (exact) mass is 346 g/mol. The first-order valence-corrected chi connectivity index (χ1v) is 9.29. The maximum atomic E-state index is 12.0. The fraction of sp³-hybridized carbons (Fsp3) is 0.650. The van der Waals surface area contributed by atoms with Gasteiger partial charge >= 0.3 is 0 Å². The Bertz CT molecular complexity index is 587. The Balaban J connectivity index is 1.60. The van der Waals surface area contributed by atoms with Crippen LogP contribution in [0.25, 0.3) is 0 Å². The molecule has 0 bridgehead atoms. The number of methoxy groups -OCH3 is 2. The van der Waals surface area contributed by atoms with Crippen LogP contribution < -0.4 is 9.47 Å². The lowest BCUT2D eigenvalue weighted by Crippen LogP contribution is -2.51. The highest BCUT2D eigenvalue weighted by molar-refractivity contribution is 5.77. The zero-order valence-corrected chi connectivity index (χ0v) is 15.7. The molecule has 1 spiro atoms. The molecular weight excluding hydrogens is 316 g/mol. The van der Waals surface area contributed by atoms with Crippen molar-refractivity contribution >= 4 is 5.91 Å². The van der Waals surface area contributed by atoms with Gasteiger partial charge in [0, 0.05) is 32.1 Å². The first-order chi connectivity index (χ1) is 12.1. The van der Waals surface area contributed by atoms with Gasteiger partial charge in [0.2, 0.25) is 5.91 Å². The molecule has 0 saturated carbocycles. The highest BCUT2D eigenvalue weighted by Crippen LogP contribution is 2.40. The van der Waals surface area contributed by atoms with Gasteiger partial charge in [-0.15, -0.1) is 0 Å². The molecule has 2 saturated heterocycles. The van der Waals surface area contributed by atoms with Gasteiger partial charge in [0.25, 0.3) is 0 Å². The average Bonchev–Trinajstić information content (AvgIpc) is 2.65. The molecular formula is C20H30N2O3. The van der Waals surface area contributed by atoms with E-state index in [1.165, 1.54) is 18.4 Å². The quantitative estimate of drug-likeness (QED) is 0.822. The lowest BCUT2D eigenvalue weighted by Gasteiger charge is -2.47. The van der Waals surface area contributed by atoms with Crippen molar-refractivity contribution in [3.8, 4) is 11.5 Å². The molecule has 2 aliphatic heterocycles. The van der Waals surface area contributed by atoms with Crippen molar-refractivity contribution in [2.45, 2.75) is 39.2 Å². The zero-order chi connectivity index (χ0) is 17.9. The number of amides is 1. The largest absolute Gasteiger partial charge is 0.497 e. The third-order valence-corrected chi connectivity index (χ3v) is 5.86. The SMILES string of the molecule is CCN1CC2(CCC1=O)CCN(Cc1cc(OC)cc(OC)c1)CC2. The van der Waals surface area contributed by atoms with Crippen molar-refractivity contribution in [1.82, 2.24) is 9.80 Å². The normalized spacial score (nSPS) is 20.8. The molecule has 0 N–H and O–H groups in total. The van der Waals surface area contributed by atoms with Gasteiger partial charge in [-0.25, -0.2) is 0 Å². The van der Waals surface area contributed by atoms with E-state index >= 15 is 0 Å². The van der Waals surface area contributed by atoms with E-state index in [-0.39, 0.29) is 0 Å². The molecule has 1 amide bonds. The molecule has 0 radical (unpaired) electrons. The van der Waals surface area contributed by atoms with Gasteiger partial charge in [-0.1, -0.05) is 0 Å². The molecule has 2 fully saturated rings. The Morgan fingerprint density at radius 2 is 1.68 bits per heavy atom. The fourth-order valence-corrected chi connectivity index (χ4v) is 4.20. The molecule has 0 atom stereocenters. The minimum absolute atomic E-state index is 0.332. The van der Waals surface area contributed by atoms with E-state index in [0.717, 1.165) is 57.1 Å². The summed E-state index contributed by atoms with van der Waals surface area (Å²) in [7, 11) is 3.38. The summed E-state index contributed by atoms with van der Waals surface area (Å²) < 4.78 is 10.7. The van der Waals surface area contributed by atoms with Crippen molar-refractivity contribution in [2.24, 2.45) is 5.41 Å². The summed E-state index contributed by atoms with van der Waals surface area (Å²) in [4.78, 5) is 16.5. The molecule has 0 aliphatic carbocycles. The van der Waals surface area contributed by atoms with Crippen LogP contribution in [0.2, 0.25) is 0 Å². The summed E-state index contributed by atoms with van der Waals surface area (Å²) in [6.07, 6.45) is 4.14. The van der Waals surface area contributed by atoms with Gasteiger partial charge in [0.15, 0.2) is 0 Å². The third-order valence-electron chi connectivity index (χ3n) is 5.86. The van der Waals surface area contributed by atoms with Crippen LogP contribution in [0.3, 0.4) is 0 Å². The van der Waals surface area contributed by atoms with Gasteiger partial charge in [-0.3, -0.25) is 9.69 Å². The molecule has 2 heterocycles. The Kier molecular flexibility index (Phi) is 5.52. The number of piperidine rings is 2. The summed E-state index contributed by atoms with van der Waals surface area (Å²) in [6, 6.07) is 6.09. The summed E-state index contributed by atoms with van der Waals surface area (Å²) in [5.74, 6) is 2.01. The van der Waals surface area contributed by atoms with E-state index in [1.54, 1.807) is 14.2 Å². The smallest absolute Gasteiger partial charge is 0.222 e. The van der Waals surface area contributed by atoms with Crippen LogP contribution in [-0.4, -0.2) is 56.1 Å². The molecule has 3 rings (SSSR count).